The van der Waals surface area contributed by atoms with Crippen LogP contribution in [0.15, 0.2) is 36.9 Å². The van der Waals surface area contributed by atoms with E-state index in [9.17, 15) is 9.59 Å². The lowest BCUT2D eigenvalue weighted by molar-refractivity contribution is 0.0543. The summed E-state index contributed by atoms with van der Waals surface area (Å²) < 4.78 is 0. The maximum absolute atomic E-state index is 12.9. The van der Waals surface area contributed by atoms with Crippen LogP contribution < -0.4 is 5.32 Å². The van der Waals surface area contributed by atoms with Crippen LogP contribution in [0.3, 0.4) is 0 Å². The number of aromatic nitrogens is 3. The molecule has 0 aliphatic carbocycles. The molecule has 4 rings (SSSR count). The van der Waals surface area contributed by atoms with Crippen LogP contribution >= 0.6 is 0 Å². The van der Waals surface area contributed by atoms with Gasteiger partial charge >= 0.3 is 0 Å². The van der Waals surface area contributed by atoms with E-state index in [1.165, 1.54) is 0 Å². The number of piperidine rings is 1. The van der Waals surface area contributed by atoms with Crippen LogP contribution in [0.1, 0.15) is 52.2 Å². The Balaban J connectivity index is 1.43. The van der Waals surface area contributed by atoms with Gasteiger partial charge in [0.1, 0.15) is 5.69 Å². The molecule has 2 unspecified atom stereocenters. The number of pyridine rings is 1. The molecule has 7 nitrogen and oxygen atoms in total. The fraction of sp³-hybridized carbons (Fsp3) is 0.421. The lowest BCUT2D eigenvalue weighted by Gasteiger charge is -2.39. The van der Waals surface area contributed by atoms with Gasteiger partial charge in [0, 0.05) is 42.3 Å². The summed E-state index contributed by atoms with van der Waals surface area (Å²) in [4.78, 5) is 39.5. The van der Waals surface area contributed by atoms with E-state index in [0.717, 1.165) is 31.4 Å². The summed E-state index contributed by atoms with van der Waals surface area (Å²) in [5.74, 6) is -0.134. The van der Waals surface area contributed by atoms with Crippen LogP contribution in [0, 0.1) is 6.92 Å². The summed E-state index contributed by atoms with van der Waals surface area (Å²) in [5.41, 5.74) is 1.80. The SMILES string of the molecule is Cc1cnc(C(=O)N2C3CCC2CC(NC(=O)c2ccncc2)C3)cn1. The molecule has 2 atom stereocenters. The first-order valence-electron chi connectivity index (χ1n) is 8.94. The van der Waals surface area contributed by atoms with Gasteiger partial charge in [-0.05, 0) is 44.7 Å². The molecule has 7 heteroatoms. The first kappa shape index (κ1) is 16.6. The highest BCUT2D eigenvalue weighted by atomic mass is 16.2. The Morgan fingerprint density at radius 3 is 2.38 bits per heavy atom. The van der Waals surface area contributed by atoms with E-state index in [2.05, 4.69) is 20.3 Å². The molecule has 2 saturated heterocycles. The van der Waals surface area contributed by atoms with Crippen molar-refractivity contribution in [3.63, 3.8) is 0 Å². The van der Waals surface area contributed by atoms with E-state index >= 15 is 0 Å². The number of fused-ring (bicyclic) bond motifs is 2. The minimum absolute atomic E-state index is 0.0519. The molecule has 2 amide bonds. The van der Waals surface area contributed by atoms with Gasteiger partial charge in [-0.3, -0.25) is 19.6 Å². The summed E-state index contributed by atoms with van der Waals surface area (Å²) in [6.45, 7) is 1.85. The molecule has 2 aliphatic rings. The number of carbonyl (C=O) groups is 2. The van der Waals surface area contributed by atoms with Crippen LogP contribution in [0.2, 0.25) is 0 Å². The summed E-state index contributed by atoms with van der Waals surface area (Å²) in [7, 11) is 0. The molecule has 26 heavy (non-hydrogen) atoms. The number of aryl methyl sites for hydroxylation is 1. The first-order chi connectivity index (χ1) is 12.6. The van der Waals surface area contributed by atoms with Crippen LogP contribution in [-0.2, 0) is 0 Å². The van der Waals surface area contributed by atoms with Gasteiger partial charge in [0.15, 0.2) is 0 Å². The third-order valence-corrected chi connectivity index (χ3v) is 5.25. The Hall–Kier alpha value is -2.83. The van der Waals surface area contributed by atoms with E-state index in [0.29, 0.717) is 11.3 Å². The van der Waals surface area contributed by atoms with Crippen molar-refractivity contribution >= 4 is 11.8 Å². The first-order valence-corrected chi connectivity index (χ1v) is 8.94. The van der Waals surface area contributed by atoms with Gasteiger partial charge < -0.3 is 10.2 Å². The normalized spacial score (nSPS) is 24.3. The van der Waals surface area contributed by atoms with Crippen molar-refractivity contribution in [3.8, 4) is 0 Å². The average molecular weight is 351 g/mol. The topological polar surface area (TPSA) is 88.1 Å². The fourth-order valence-corrected chi connectivity index (χ4v) is 4.03. The van der Waals surface area contributed by atoms with Crippen molar-refractivity contribution in [2.45, 2.75) is 50.7 Å². The highest BCUT2D eigenvalue weighted by Gasteiger charge is 2.44. The molecule has 0 aromatic carbocycles. The molecule has 0 radical (unpaired) electrons. The number of nitrogens with zero attached hydrogens (tertiary/aromatic N) is 4. The highest BCUT2D eigenvalue weighted by molar-refractivity contribution is 5.94. The number of hydrogen-bond donors (Lipinski definition) is 1. The van der Waals surface area contributed by atoms with Gasteiger partial charge in [-0.2, -0.15) is 0 Å². The lowest BCUT2D eigenvalue weighted by Crippen LogP contribution is -2.52. The van der Waals surface area contributed by atoms with Gasteiger partial charge in [0.05, 0.1) is 11.9 Å². The fourth-order valence-electron chi connectivity index (χ4n) is 4.03. The summed E-state index contributed by atoms with van der Waals surface area (Å²) in [6.07, 6.45) is 9.89. The van der Waals surface area contributed by atoms with Crippen molar-refractivity contribution in [1.82, 2.24) is 25.2 Å². The second-order valence-electron chi connectivity index (χ2n) is 7.02. The van der Waals surface area contributed by atoms with E-state index in [-0.39, 0.29) is 29.9 Å². The molecular formula is C19H21N5O2. The summed E-state index contributed by atoms with van der Waals surface area (Å²) >= 11 is 0. The highest BCUT2D eigenvalue weighted by Crippen LogP contribution is 2.36. The summed E-state index contributed by atoms with van der Waals surface area (Å²) in [6, 6.07) is 3.79. The van der Waals surface area contributed by atoms with E-state index in [1.54, 1.807) is 36.9 Å². The quantitative estimate of drug-likeness (QED) is 0.910. The van der Waals surface area contributed by atoms with Crippen molar-refractivity contribution < 1.29 is 9.59 Å². The molecule has 134 valence electrons. The zero-order chi connectivity index (χ0) is 18.1. The minimum Gasteiger partial charge on any atom is -0.349 e. The van der Waals surface area contributed by atoms with Crippen LogP contribution in [0.25, 0.3) is 0 Å². The smallest absolute Gasteiger partial charge is 0.274 e. The Labute approximate surface area is 151 Å². The number of amides is 2. The largest absolute Gasteiger partial charge is 0.349 e. The third-order valence-electron chi connectivity index (χ3n) is 5.25. The molecule has 2 aromatic rings. The van der Waals surface area contributed by atoms with E-state index in [1.807, 2.05) is 11.8 Å². The maximum Gasteiger partial charge on any atom is 0.274 e. The Kier molecular flexibility index (Phi) is 4.36. The van der Waals surface area contributed by atoms with Gasteiger partial charge in [0.25, 0.3) is 11.8 Å². The second-order valence-corrected chi connectivity index (χ2v) is 7.02. The molecular weight excluding hydrogens is 330 g/mol. The molecule has 2 aliphatic heterocycles. The van der Waals surface area contributed by atoms with Crippen LogP contribution in [0.5, 0.6) is 0 Å². The van der Waals surface area contributed by atoms with Crippen molar-refractivity contribution in [2.24, 2.45) is 0 Å². The van der Waals surface area contributed by atoms with E-state index < -0.39 is 0 Å². The Morgan fingerprint density at radius 2 is 1.77 bits per heavy atom. The van der Waals surface area contributed by atoms with Gasteiger partial charge in [-0.15, -0.1) is 0 Å². The molecule has 2 bridgehead atoms. The molecule has 2 fully saturated rings. The molecule has 2 aromatic heterocycles. The van der Waals surface area contributed by atoms with Crippen molar-refractivity contribution in [3.05, 3.63) is 53.9 Å². The zero-order valence-corrected chi connectivity index (χ0v) is 14.6. The zero-order valence-electron chi connectivity index (χ0n) is 14.6. The second kappa shape index (κ2) is 6.82. The number of hydrogen-bond acceptors (Lipinski definition) is 5. The predicted molar refractivity (Wildman–Crippen MR) is 94.5 cm³/mol. The lowest BCUT2D eigenvalue weighted by atomic mass is 9.96. The average Bonchev–Trinajstić information content (AvgIpc) is 2.93. The van der Waals surface area contributed by atoms with Gasteiger partial charge in [-0.25, -0.2) is 4.98 Å². The minimum atomic E-state index is -0.0824. The van der Waals surface area contributed by atoms with Crippen molar-refractivity contribution in [2.75, 3.05) is 0 Å². The maximum atomic E-state index is 12.9. The van der Waals surface area contributed by atoms with Gasteiger partial charge in [-0.1, -0.05) is 0 Å². The Bertz CT molecular complexity index is 794. The van der Waals surface area contributed by atoms with Gasteiger partial charge in [0.2, 0.25) is 0 Å². The molecule has 0 saturated carbocycles. The summed E-state index contributed by atoms with van der Waals surface area (Å²) in [5, 5.41) is 3.11. The van der Waals surface area contributed by atoms with E-state index in [4.69, 9.17) is 0 Å². The van der Waals surface area contributed by atoms with Crippen molar-refractivity contribution in [1.29, 1.82) is 0 Å². The number of rotatable bonds is 3. The number of nitrogens with one attached hydrogen (secondary N) is 1. The standard InChI is InChI=1S/C19H21N5O2/c1-12-10-22-17(11-21-12)19(26)24-15-2-3-16(24)9-14(8-15)23-18(25)13-4-6-20-7-5-13/h4-7,10-11,14-16H,2-3,8-9H2,1H3,(H,23,25). The third kappa shape index (κ3) is 3.16. The molecule has 1 N–H and O–H groups in total. The number of carbonyl (C=O) groups excluding carboxylic acids is 2. The Morgan fingerprint density at radius 1 is 1.08 bits per heavy atom. The van der Waals surface area contributed by atoms with Crippen LogP contribution in [-0.4, -0.2) is 49.8 Å². The monoisotopic (exact) mass is 351 g/mol. The van der Waals surface area contributed by atoms with Crippen LogP contribution in [0.4, 0.5) is 0 Å². The predicted octanol–water partition coefficient (Wildman–Crippen LogP) is 1.75. The molecule has 4 heterocycles. The molecule has 0 spiro atoms.